The molecule has 0 radical (unpaired) electrons. The highest BCUT2D eigenvalue weighted by Crippen LogP contribution is 2.28. The maximum atomic E-state index is 12.2. The zero-order chi connectivity index (χ0) is 15.6. The van der Waals surface area contributed by atoms with Crippen LogP contribution in [0, 0.1) is 0 Å². The Morgan fingerprint density at radius 3 is 3.00 bits per heavy atom. The molecule has 4 heterocycles. The standard InChI is InChI=1S/C16H14N4O2S/c21-14(7-13-4-2-6-23-13)20-9-12(10-20)16-18-15(19-22-16)11-3-1-5-17-8-11/h1-6,8,12H,7,9-10H2. The molecule has 6 nitrogen and oxygen atoms in total. The number of thiophene rings is 1. The maximum absolute atomic E-state index is 12.2. The fourth-order valence-corrected chi connectivity index (χ4v) is 3.22. The average Bonchev–Trinajstić information content (AvgIpc) is 3.18. The first-order valence-corrected chi connectivity index (χ1v) is 8.22. The Morgan fingerprint density at radius 1 is 1.35 bits per heavy atom. The van der Waals surface area contributed by atoms with Gasteiger partial charge < -0.3 is 9.42 Å². The molecule has 0 aromatic carbocycles. The number of nitrogens with zero attached hydrogens (tertiary/aromatic N) is 4. The number of pyridine rings is 1. The number of carbonyl (C=O) groups excluding carboxylic acids is 1. The van der Waals surface area contributed by atoms with Crippen molar-refractivity contribution in [3.8, 4) is 11.4 Å². The van der Waals surface area contributed by atoms with E-state index < -0.39 is 0 Å². The summed E-state index contributed by atoms with van der Waals surface area (Å²) in [5.74, 6) is 1.40. The molecule has 1 saturated heterocycles. The van der Waals surface area contributed by atoms with Gasteiger partial charge in [0.15, 0.2) is 0 Å². The molecule has 0 bridgehead atoms. The molecule has 0 spiro atoms. The van der Waals surface area contributed by atoms with Crippen molar-refractivity contribution in [1.29, 1.82) is 0 Å². The summed E-state index contributed by atoms with van der Waals surface area (Å²) >= 11 is 1.61. The highest BCUT2D eigenvalue weighted by atomic mass is 32.1. The van der Waals surface area contributed by atoms with Gasteiger partial charge in [0, 0.05) is 35.9 Å². The number of rotatable bonds is 4. The Labute approximate surface area is 136 Å². The van der Waals surface area contributed by atoms with Gasteiger partial charge in [0.2, 0.25) is 17.6 Å². The van der Waals surface area contributed by atoms with Gasteiger partial charge in [0.25, 0.3) is 0 Å². The third kappa shape index (κ3) is 2.87. The van der Waals surface area contributed by atoms with Crippen LogP contribution < -0.4 is 0 Å². The number of hydrogen-bond acceptors (Lipinski definition) is 6. The second kappa shape index (κ2) is 5.92. The Kier molecular flexibility index (Phi) is 3.63. The van der Waals surface area contributed by atoms with Crippen molar-refractivity contribution in [2.45, 2.75) is 12.3 Å². The lowest BCUT2D eigenvalue weighted by Gasteiger charge is -2.37. The van der Waals surface area contributed by atoms with Crippen LogP contribution in [0.5, 0.6) is 0 Å². The zero-order valence-corrected chi connectivity index (χ0v) is 13.1. The van der Waals surface area contributed by atoms with Crippen molar-refractivity contribution in [2.75, 3.05) is 13.1 Å². The SMILES string of the molecule is O=C(Cc1cccs1)N1CC(c2nc(-c3cccnc3)no2)C1. The molecule has 4 rings (SSSR count). The van der Waals surface area contributed by atoms with E-state index in [1.54, 1.807) is 23.7 Å². The molecule has 0 unspecified atom stereocenters. The van der Waals surface area contributed by atoms with Gasteiger partial charge in [-0.2, -0.15) is 4.98 Å². The molecule has 0 saturated carbocycles. The van der Waals surface area contributed by atoms with Crippen molar-refractivity contribution < 1.29 is 9.32 Å². The summed E-state index contributed by atoms with van der Waals surface area (Å²) in [6.45, 7) is 1.28. The Hall–Kier alpha value is -2.54. The molecule has 1 amide bonds. The first kappa shape index (κ1) is 14.1. The minimum atomic E-state index is 0.125. The van der Waals surface area contributed by atoms with Crippen LogP contribution in [0.15, 0.2) is 46.6 Å². The van der Waals surface area contributed by atoms with E-state index in [1.807, 2.05) is 34.5 Å². The average molecular weight is 326 g/mol. The van der Waals surface area contributed by atoms with E-state index in [4.69, 9.17) is 4.52 Å². The third-order valence-corrected chi connectivity index (χ3v) is 4.73. The van der Waals surface area contributed by atoms with E-state index >= 15 is 0 Å². The minimum absolute atomic E-state index is 0.125. The molecule has 3 aromatic heterocycles. The number of hydrogen-bond donors (Lipinski definition) is 0. The molecule has 0 atom stereocenters. The molecule has 1 aliphatic heterocycles. The second-order valence-corrected chi connectivity index (χ2v) is 6.48. The molecular weight excluding hydrogens is 312 g/mol. The Morgan fingerprint density at radius 2 is 2.26 bits per heavy atom. The van der Waals surface area contributed by atoms with Crippen molar-refractivity contribution in [2.24, 2.45) is 0 Å². The number of carbonyl (C=O) groups is 1. The van der Waals surface area contributed by atoms with E-state index in [1.165, 1.54) is 0 Å². The monoisotopic (exact) mass is 326 g/mol. The summed E-state index contributed by atoms with van der Waals surface area (Å²) in [6.07, 6.45) is 3.87. The molecule has 116 valence electrons. The van der Waals surface area contributed by atoms with Crippen LogP contribution in [0.4, 0.5) is 0 Å². The largest absolute Gasteiger partial charge is 0.341 e. The first-order chi connectivity index (χ1) is 11.3. The molecule has 23 heavy (non-hydrogen) atoms. The summed E-state index contributed by atoms with van der Waals surface area (Å²) in [5.41, 5.74) is 0.826. The lowest BCUT2D eigenvalue weighted by atomic mass is 9.99. The van der Waals surface area contributed by atoms with Gasteiger partial charge in [0.05, 0.1) is 12.3 Å². The van der Waals surface area contributed by atoms with Crippen LogP contribution in [0.1, 0.15) is 16.7 Å². The summed E-state index contributed by atoms with van der Waals surface area (Å²) in [6, 6.07) is 7.67. The van der Waals surface area contributed by atoms with Gasteiger partial charge in [-0.05, 0) is 23.6 Å². The van der Waals surface area contributed by atoms with Crippen molar-refractivity contribution in [3.05, 3.63) is 52.8 Å². The molecule has 1 aliphatic rings. The predicted octanol–water partition coefficient (Wildman–Crippen LogP) is 2.36. The molecule has 3 aromatic rings. The van der Waals surface area contributed by atoms with Crippen LogP contribution in [-0.4, -0.2) is 39.0 Å². The summed E-state index contributed by atoms with van der Waals surface area (Å²) < 4.78 is 5.33. The normalized spacial score (nSPS) is 14.7. The van der Waals surface area contributed by atoms with Gasteiger partial charge in [0.1, 0.15) is 0 Å². The van der Waals surface area contributed by atoms with Crippen molar-refractivity contribution in [1.82, 2.24) is 20.0 Å². The van der Waals surface area contributed by atoms with Gasteiger partial charge in [-0.15, -0.1) is 11.3 Å². The van der Waals surface area contributed by atoms with Crippen molar-refractivity contribution >= 4 is 17.2 Å². The maximum Gasteiger partial charge on any atom is 0.233 e. The Bertz CT molecular complexity index is 795. The lowest BCUT2D eigenvalue weighted by molar-refractivity contribution is -0.135. The van der Waals surface area contributed by atoms with E-state index in [2.05, 4.69) is 15.1 Å². The van der Waals surface area contributed by atoms with Crippen LogP contribution >= 0.6 is 11.3 Å². The quantitative estimate of drug-likeness (QED) is 0.736. The fraction of sp³-hybridized carbons (Fsp3) is 0.250. The van der Waals surface area contributed by atoms with Gasteiger partial charge in [-0.3, -0.25) is 9.78 Å². The molecule has 1 fully saturated rings. The second-order valence-electron chi connectivity index (χ2n) is 5.45. The van der Waals surface area contributed by atoms with Crippen LogP contribution in [-0.2, 0) is 11.2 Å². The Balaban J connectivity index is 1.37. The molecule has 0 aliphatic carbocycles. The first-order valence-electron chi connectivity index (χ1n) is 7.34. The number of amides is 1. The summed E-state index contributed by atoms with van der Waals surface area (Å²) in [5, 5.41) is 5.98. The zero-order valence-electron chi connectivity index (χ0n) is 12.3. The van der Waals surface area contributed by atoms with Crippen molar-refractivity contribution in [3.63, 3.8) is 0 Å². The molecule has 0 N–H and O–H groups in total. The smallest absolute Gasteiger partial charge is 0.233 e. The highest BCUT2D eigenvalue weighted by molar-refractivity contribution is 7.10. The fourth-order valence-electron chi connectivity index (χ4n) is 2.53. The molecule has 7 heteroatoms. The summed E-state index contributed by atoms with van der Waals surface area (Å²) in [7, 11) is 0. The lowest BCUT2D eigenvalue weighted by Crippen LogP contribution is -2.49. The topological polar surface area (TPSA) is 72.1 Å². The van der Waals surface area contributed by atoms with E-state index in [9.17, 15) is 4.79 Å². The van der Waals surface area contributed by atoms with Crippen LogP contribution in [0.3, 0.4) is 0 Å². The number of likely N-dealkylation sites (tertiary alicyclic amines) is 1. The van der Waals surface area contributed by atoms with Gasteiger partial charge >= 0.3 is 0 Å². The summed E-state index contributed by atoms with van der Waals surface area (Å²) in [4.78, 5) is 23.5. The van der Waals surface area contributed by atoms with Gasteiger partial charge in [-0.1, -0.05) is 11.2 Å². The van der Waals surface area contributed by atoms with E-state index in [0.29, 0.717) is 31.2 Å². The predicted molar refractivity (Wildman–Crippen MR) is 84.9 cm³/mol. The van der Waals surface area contributed by atoms with Crippen LogP contribution in [0.2, 0.25) is 0 Å². The highest BCUT2D eigenvalue weighted by Gasteiger charge is 2.35. The van der Waals surface area contributed by atoms with Gasteiger partial charge in [-0.25, -0.2) is 0 Å². The minimum Gasteiger partial charge on any atom is -0.341 e. The molecular formula is C16H14N4O2S. The third-order valence-electron chi connectivity index (χ3n) is 3.85. The van der Waals surface area contributed by atoms with Crippen LogP contribution in [0.25, 0.3) is 11.4 Å². The van der Waals surface area contributed by atoms with E-state index in [0.717, 1.165) is 10.4 Å². The number of aromatic nitrogens is 3. The van der Waals surface area contributed by atoms with E-state index in [-0.39, 0.29) is 11.8 Å².